The predicted octanol–water partition coefficient (Wildman–Crippen LogP) is 4.83. The number of phenols is 1. The Bertz CT molecular complexity index is 1400. The third-order valence-corrected chi connectivity index (χ3v) is 6.09. The second-order valence-electron chi connectivity index (χ2n) is 7.43. The largest absolute Gasteiger partial charge is 0.508 e. The van der Waals surface area contributed by atoms with Crippen LogP contribution in [0.25, 0.3) is 43.7 Å². The number of H-pyrrole nitrogens is 1. The van der Waals surface area contributed by atoms with Crippen LogP contribution in [0.4, 0.5) is 0 Å². The van der Waals surface area contributed by atoms with Crippen LogP contribution in [-0.2, 0) is 13.0 Å². The lowest BCUT2D eigenvalue weighted by atomic mass is 9.97. The van der Waals surface area contributed by atoms with E-state index in [0.29, 0.717) is 23.6 Å². The maximum Gasteiger partial charge on any atom is 0.119 e. The topological polar surface area (TPSA) is 81.4 Å². The van der Waals surface area contributed by atoms with E-state index in [1.807, 2.05) is 42.7 Å². The molecular weight excluding hydrogens is 400 g/mol. The van der Waals surface area contributed by atoms with Crippen molar-refractivity contribution in [1.29, 1.82) is 0 Å². The number of rotatable bonds is 5. The van der Waals surface area contributed by atoms with E-state index in [0.717, 1.165) is 43.7 Å². The van der Waals surface area contributed by atoms with Gasteiger partial charge in [-0.2, -0.15) is 0 Å². The molecule has 0 bridgehead atoms. The van der Waals surface area contributed by atoms with Crippen molar-refractivity contribution in [3.63, 3.8) is 0 Å². The molecule has 5 nitrogen and oxygen atoms in total. The average molecular weight is 421 g/mol. The highest BCUT2D eigenvalue weighted by Crippen LogP contribution is 2.42. The Kier molecular flexibility index (Phi) is 4.66. The molecule has 152 valence electrons. The van der Waals surface area contributed by atoms with Crippen molar-refractivity contribution in [2.24, 2.45) is 0 Å². The first kappa shape index (κ1) is 19.0. The third-order valence-electron chi connectivity index (χ3n) is 5.76. The Labute approximate surface area is 177 Å². The highest BCUT2D eigenvalue weighted by Gasteiger charge is 2.19. The van der Waals surface area contributed by atoms with Gasteiger partial charge in [-0.1, -0.05) is 29.8 Å². The monoisotopic (exact) mass is 420 g/mol. The molecule has 0 aliphatic heterocycles. The summed E-state index contributed by atoms with van der Waals surface area (Å²) in [5.41, 5.74) is 4.51. The summed E-state index contributed by atoms with van der Waals surface area (Å²) in [6.07, 6.45) is 4.29. The minimum Gasteiger partial charge on any atom is -0.508 e. The lowest BCUT2D eigenvalue weighted by Gasteiger charge is -2.10. The van der Waals surface area contributed by atoms with E-state index < -0.39 is 0 Å². The standard InChI is InChI=1S/C24H21ClN2O3/c25-20-4-2-1-3-15(20)16-10-22-24(19-13-26-12-18(16)19)17-11-23(30)14(5-7-28)9-21(17)27(22)6-8-29/h1-4,9-13,26,28-30H,5-8H2. The zero-order valence-corrected chi connectivity index (χ0v) is 16.9. The van der Waals surface area contributed by atoms with E-state index in [9.17, 15) is 15.3 Å². The fourth-order valence-corrected chi connectivity index (χ4v) is 4.69. The van der Waals surface area contributed by atoms with Gasteiger partial charge in [0, 0.05) is 63.2 Å². The molecule has 2 heterocycles. The number of halogens is 1. The minimum atomic E-state index is -0.0436. The molecule has 2 aromatic heterocycles. The first-order chi connectivity index (χ1) is 14.6. The Morgan fingerprint density at radius 1 is 0.867 bits per heavy atom. The molecule has 3 aromatic carbocycles. The number of nitrogens with one attached hydrogen (secondary N) is 1. The van der Waals surface area contributed by atoms with Gasteiger partial charge in [0.05, 0.1) is 12.1 Å². The predicted molar refractivity (Wildman–Crippen MR) is 121 cm³/mol. The number of aliphatic hydroxyl groups excluding tert-OH is 2. The molecule has 0 atom stereocenters. The van der Waals surface area contributed by atoms with Crippen LogP contribution in [0.1, 0.15) is 5.56 Å². The maximum absolute atomic E-state index is 10.5. The molecule has 0 amide bonds. The molecule has 0 saturated heterocycles. The average Bonchev–Trinajstić information content (AvgIpc) is 3.32. The van der Waals surface area contributed by atoms with Crippen LogP contribution in [0.3, 0.4) is 0 Å². The summed E-state index contributed by atoms with van der Waals surface area (Å²) in [4.78, 5) is 3.21. The van der Waals surface area contributed by atoms with Gasteiger partial charge in [0.1, 0.15) is 5.75 Å². The number of aromatic nitrogens is 2. The summed E-state index contributed by atoms with van der Waals surface area (Å²) >= 11 is 6.52. The zero-order chi connectivity index (χ0) is 20.8. The van der Waals surface area contributed by atoms with Crippen LogP contribution >= 0.6 is 11.6 Å². The SMILES string of the molecule is OCCc1cc2c(cc1O)c1c3c[nH]cc3c(-c3ccccc3Cl)cc1n2CCO. The van der Waals surface area contributed by atoms with E-state index in [-0.39, 0.29) is 19.0 Å². The summed E-state index contributed by atoms with van der Waals surface area (Å²) in [7, 11) is 0. The molecule has 0 radical (unpaired) electrons. The first-order valence-electron chi connectivity index (χ1n) is 9.88. The second kappa shape index (κ2) is 7.36. The molecule has 4 N–H and O–H groups in total. The molecule has 0 aliphatic rings. The highest BCUT2D eigenvalue weighted by molar-refractivity contribution is 6.34. The van der Waals surface area contributed by atoms with E-state index in [2.05, 4.69) is 15.6 Å². The van der Waals surface area contributed by atoms with Gasteiger partial charge in [0.25, 0.3) is 0 Å². The van der Waals surface area contributed by atoms with Crippen LogP contribution in [0.2, 0.25) is 5.02 Å². The number of phenolic OH excluding ortho intramolecular Hbond substituents is 1. The van der Waals surface area contributed by atoms with Crippen molar-refractivity contribution in [1.82, 2.24) is 9.55 Å². The molecule has 0 aliphatic carbocycles. The number of benzene rings is 3. The number of hydrogen-bond acceptors (Lipinski definition) is 3. The fourth-order valence-electron chi connectivity index (χ4n) is 4.45. The number of hydrogen-bond donors (Lipinski definition) is 4. The van der Waals surface area contributed by atoms with Crippen LogP contribution in [0, 0.1) is 0 Å². The van der Waals surface area contributed by atoms with Crippen molar-refractivity contribution in [2.75, 3.05) is 13.2 Å². The van der Waals surface area contributed by atoms with E-state index in [4.69, 9.17) is 11.6 Å². The molecule has 5 aromatic rings. The molecule has 6 heteroatoms. The van der Waals surface area contributed by atoms with Gasteiger partial charge in [-0.3, -0.25) is 0 Å². The number of aliphatic hydroxyl groups is 2. The first-order valence-corrected chi connectivity index (χ1v) is 10.3. The second-order valence-corrected chi connectivity index (χ2v) is 7.83. The Balaban J connectivity index is 1.95. The zero-order valence-electron chi connectivity index (χ0n) is 16.2. The molecule has 5 rings (SSSR count). The molecule has 30 heavy (non-hydrogen) atoms. The quantitative estimate of drug-likeness (QED) is 0.329. The van der Waals surface area contributed by atoms with Crippen molar-refractivity contribution >= 4 is 44.2 Å². The van der Waals surface area contributed by atoms with Gasteiger partial charge >= 0.3 is 0 Å². The van der Waals surface area contributed by atoms with Crippen LogP contribution < -0.4 is 0 Å². The Morgan fingerprint density at radius 3 is 2.43 bits per heavy atom. The van der Waals surface area contributed by atoms with Gasteiger partial charge in [0.15, 0.2) is 0 Å². The summed E-state index contributed by atoms with van der Waals surface area (Å²) in [6.45, 7) is 0.362. The van der Waals surface area contributed by atoms with Gasteiger partial charge in [-0.15, -0.1) is 0 Å². The van der Waals surface area contributed by atoms with Gasteiger partial charge in [0.2, 0.25) is 0 Å². The number of fused-ring (bicyclic) bond motifs is 5. The molecule has 0 unspecified atom stereocenters. The van der Waals surface area contributed by atoms with E-state index in [1.165, 1.54) is 0 Å². The van der Waals surface area contributed by atoms with E-state index in [1.54, 1.807) is 6.07 Å². The molecule has 0 saturated carbocycles. The Morgan fingerprint density at radius 2 is 1.67 bits per heavy atom. The number of aromatic amines is 1. The van der Waals surface area contributed by atoms with Crippen molar-refractivity contribution in [3.05, 3.63) is 65.4 Å². The van der Waals surface area contributed by atoms with Gasteiger partial charge in [-0.25, -0.2) is 0 Å². The van der Waals surface area contributed by atoms with Crippen LogP contribution in [-0.4, -0.2) is 38.1 Å². The Hall–Kier alpha value is -2.99. The van der Waals surface area contributed by atoms with Gasteiger partial charge < -0.3 is 24.9 Å². The molecule has 0 fully saturated rings. The molecular formula is C24H21ClN2O3. The molecule has 0 spiro atoms. The maximum atomic E-state index is 10.5. The van der Waals surface area contributed by atoms with Crippen molar-refractivity contribution in [3.8, 4) is 16.9 Å². The number of aromatic hydroxyl groups is 1. The lowest BCUT2D eigenvalue weighted by Crippen LogP contribution is -2.02. The summed E-state index contributed by atoms with van der Waals surface area (Å²) < 4.78 is 2.07. The van der Waals surface area contributed by atoms with Crippen molar-refractivity contribution < 1.29 is 15.3 Å². The van der Waals surface area contributed by atoms with Crippen LogP contribution in [0.15, 0.2) is 54.9 Å². The number of nitrogens with zero attached hydrogens (tertiary/aromatic N) is 1. The highest BCUT2D eigenvalue weighted by atomic mass is 35.5. The fraction of sp³-hybridized carbons (Fsp3) is 0.167. The summed E-state index contributed by atoms with van der Waals surface area (Å²) in [5, 5.41) is 34.3. The van der Waals surface area contributed by atoms with E-state index >= 15 is 0 Å². The van der Waals surface area contributed by atoms with Crippen LogP contribution in [0.5, 0.6) is 5.75 Å². The third kappa shape index (κ3) is 2.78. The lowest BCUT2D eigenvalue weighted by molar-refractivity contribution is 0.280. The normalized spacial score (nSPS) is 11.8. The summed E-state index contributed by atoms with van der Waals surface area (Å²) in [5.74, 6) is 0.165. The smallest absolute Gasteiger partial charge is 0.119 e. The minimum absolute atomic E-state index is 0.0122. The van der Waals surface area contributed by atoms with Gasteiger partial charge in [-0.05, 0) is 41.8 Å². The summed E-state index contributed by atoms with van der Waals surface area (Å²) in [6, 6.07) is 13.5. The van der Waals surface area contributed by atoms with Crippen molar-refractivity contribution in [2.45, 2.75) is 13.0 Å².